The summed E-state index contributed by atoms with van der Waals surface area (Å²) in [5.74, 6) is 0.0329. The van der Waals surface area contributed by atoms with E-state index in [1.165, 1.54) is 24.6 Å². The normalized spacial score (nSPS) is 20.2. The van der Waals surface area contributed by atoms with Crippen molar-refractivity contribution in [3.8, 4) is 0 Å². The summed E-state index contributed by atoms with van der Waals surface area (Å²) < 4.78 is 0.538. The van der Waals surface area contributed by atoms with Crippen LogP contribution in [0.3, 0.4) is 0 Å². The Morgan fingerprint density at radius 2 is 1.80 bits per heavy atom. The number of thiocarbonyl (C=S) groups is 1. The first kappa shape index (κ1) is 18.1. The maximum atomic E-state index is 12.6. The maximum absolute atomic E-state index is 12.6. The number of likely N-dealkylation sites (tertiary alicyclic amines) is 1. The largest absolute Gasteiger partial charge is 0.343 e. The molecule has 2 heterocycles. The Balaban J connectivity index is 1.59. The van der Waals surface area contributed by atoms with Crippen LogP contribution in [-0.2, 0) is 9.59 Å². The molecule has 4 nitrogen and oxygen atoms in total. The van der Waals surface area contributed by atoms with E-state index in [-0.39, 0.29) is 11.8 Å². The second-order valence-electron chi connectivity index (χ2n) is 6.29. The molecule has 0 aromatic heterocycles. The van der Waals surface area contributed by atoms with Gasteiger partial charge in [-0.05, 0) is 24.5 Å². The third-order valence-electron chi connectivity index (χ3n) is 4.48. The SMILES string of the molecule is O=C(CCN1C(=O)C(=Cc2ccccc2)SC1=S)N1CCCCCC1. The summed E-state index contributed by atoms with van der Waals surface area (Å²) in [5.41, 5.74) is 0.976. The highest BCUT2D eigenvalue weighted by Crippen LogP contribution is 2.32. The van der Waals surface area contributed by atoms with Crippen LogP contribution in [0.1, 0.15) is 37.7 Å². The molecule has 0 saturated carbocycles. The Labute approximate surface area is 158 Å². The van der Waals surface area contributed by atoms with Crippen LogP contribution in [-0.4, -0.2) is 45.6 Å². The van der Waals surface area contributed by atoms with Gasteiger partial charge >= 0.3 is 0 Å². The molecule has 2 aliphatic rings. The van der Waals surface area contributed by atoms with Gasteiger partial charge in [0.2, 0.25) is 5.91 Å². The molecular weight excluding hydrogens is 352 g/mol. The molecule has 0 radical (unpaired) electrons. The third kappa shape index (κ3) is 4.70. The molecule has 0 atom stereocenters. The van der Waals surface area contributed by atoms with E-state index in [0.717, 1.165) is 31.5 Å². The number of thioether (sulfide) groups is 1. The summed E-state index contributed by atoms with van der Waals surface area (Å²) in [5, 5.41) is 0. The second-order valence-corrected chi connectivity index (χ2v) is 7.96. The minimum atomic E-state index is -0.0949. The molecule has 2 aliphatic heterocycles. The molecule has 1 aromatic carbocycles. The molecule has 25 heavy (non-hydrogen) atoms. The van der Waals surface area contributed by atoms with Gasteiger partial charge in [-0.1, -0.05) is 67.2 Å². The monoisotopic (exact) mass is 374 g/mol. The van der Waals surface area contributed by atoms with Gasteiger partial charge in [0.25, 0.3) is 5.91 Å². The molecular formula is C19H22N2O2S2. The van der Waals surface area contributed by atoms with E-state index in [9.17, 15) is 9.59 Å². The van der Waals surface area contributed by atoms with Crippen molar-refractivity contribution in [1.29, 1.82) is 0 Å². The molecule has 0 bridgehead atoms. The summed E-state index contributed by atoms with van der Waals surface area (Å²) in [6.07, 6.45) is 6.74. The Morgan fingerprint density at radius 3 is 2.48 bits per heavy atom. The first-order valence-electron chi connectivity index (χ1n) is 8.73. The van der Waals surface area contributed by atoms with Crippen molar-refractivity contribution >= 4 is 46.2 Å². The zero-order valence-corrected chi connectivity index (χ0v) is 15.8. The average Bonchev–Trinajstić information content (AvgIpc) is 2.82. The highest BCUT2D eigenvalue weighted by molar-refractivity contribution is 8.26. The maximum Gasteiger partial charge on any atom is 0.266 e. The van der Waals surface area contributed by atoms with Gasteiger partial charge in [-0.25, -0.2) is 0 Å². The van der Waals surface area contributed by atoms with Gasteiger partial charge in [0.1, 0.15) is 4.32 Å². The van der Waals surface area contributed by atoms with E-state index < -0.39 is 0 Å². The summed E-state index contributed by atoms with van der Waals surface area (Å²) in [7, 11) is 0. The highest BCUT2D eigenvalue weighted by Gasteiger charge is 2.32. The fraction of sp³-hybridized carbons (Fsp3) is 0.421. The summed E-state index contributed by atoms with van der Waals surface area (Å²) in [6, 6.07) is 9.72. The Morgan fingerprint density at radius 1 is 1.12 bits per heavy atom. The number of benzene rings is 1. The standard InChI is InChI=1S/C19H22N2O2S2/c22-17(20-11-6-1-2-7-12-20)10-13-21-18(23)16(25-19(21)24)14-15-8-4-3-5-9-15/h3-5,8-9,14H,1-2,6-7,10-13H2. The topological polar surface area (TPSA) is 40.6 Å². The second kappa shape index (κ2) is 8.63. The Hall–Kier alpha value is -1.66. The van der Waals surface area contributed by atoms with E-state index in [0.29, 0.717) is 22.2 Å². The van der Waals surface area contributed by atoms with Gasteiger partial charge in [0, 0.05) is 26.1 Å². The van der Waals surface area contributed by atoms with Crippen LogP contribution < -0.4 is 0 Å². The molecule has 0 aliphatic carbocycles. The van der Waals surface area contributed by atoms with Gasteiger partial charge < -0.3 is 4.90 Å². The summed E-state index contributed by atoms with van der Waals surface area (Å²) in [6.45, 7) is 2.04. The molecule has 2 saturated heterocycles. The van der Waals surface area contributed by atoms with Crippen LogP contribution in [0.5, 0.6) is 0 Å². The van der Waals surface area contributed by atoms with Gasteiger partial charge in [0.15, 0.2) is 0 Å². The predicted octanol–water partition coefficient (Wildman–Crippen LogP) is 3.68. The van der Waals surface area contributed by atoms with Gasteiger partial charge in [0.05, 0.1) is 4.91 Å². The Kier molecular flexibility index (Phi) is 6.26. The molecule has 1 aromatic rings. The van der Waals surface area contributed by atoms with E-state index >= 15 is 0 Å². The van der Waals surface area contributed by atoms with Crippen molar-refractivity contribution in [3.05, 3.63) is 40.8 Å². The van der Waals surface area contributed by atoms with Gasteiger partial charge in [-0.15, -0.1) is 0 Å². The van der Waals surface area contributed by atoms with Crippen LogP contribution in [0, 0.1) is 0 Å². The molecule has 6 heteroatoms. The van der Waals surface area contributed by atoms with E-state index in [4.69, 9.17) is 12.2 Å². The molecule has 2 fully saturated rings. The van der Waals surface area contributed by atoms with E-state index in [1.54, 1.807) is 4.90 Å². The van der Waals surface area contributed by atoms with Crippen LogP contribution >= 0.6 is 24.0 Å². The molecule has 132 valence electrons. The van der Waals surface area contributed by atoms with Crippen molar-refractivity contribution in [2.24, 2.45) is 0 Å². The van der Waals surface area contributed by atoms with Crippen LogP contribution in [0.2, 0.25) is 0 Å². The number of rotatable bonds is 4. The average molecular weight is 375 g/mol. The predicted molar refractivity (Wildman–Crippen MR) is 106 cm³/mol. The number of hydrogen-bond acceptors (Lipinski definition) is 4. The number of hydrogen-bond donors (Lipinski definition) is 0. The Bertz CT molecular complexity index is 680. The third-order valence-corrected chi connectivity index (χ3v) is 5.86. The first-order valence-corrected chi connectivity index (χ1v) is 9.96. The fourth-order valence-corrected chi connectivity index (χ4v) is 4.39. The number of amides is 2. The molecule has 0 N–H and O–H groups in total. The lowest BCUT2D eigenvalue weighted by Gasteiger charge is -2.22. The molecule has 3 rings (SSSR count). The van der Waals surface area contributed by atoms with Crippen molar-refractivity contribution < 1.29 is 9.59 Å². The fourth-order valence-electron chi connectivity index (χ4n) is 3.08. The lowest BCUT2D eigenvalue weighted by atomic mass is 10.2. The summed E-state index contributed by atoms with van der Waals surface area (Å²) in [4.78, 5) is 29.1. The number of nitrogens with zero attached hydrogens (tertiary/aromatic N) is 2. The number of carbonyl (C=O) groups is 2. The van der Waals surface area contributed by atoms with Crippen molar-refractivity contribution in [1.82, 2.24) is 9.80 Å². The summed E-state index contributed by atoms with van der Waals surface area (Å²) >= 11 is 6.65. The van der Waals surface area contributed by atoms with Gasteiger partial charge in [-0.3, -0.25) is 14.5 Å². The zero-order chi connectivity index (χ0) is 17.6. The van der Waals surface area contributed by atoms with Crippen molar-refractivity contribution in [3.63, 3.8) is 0 Å². The smallest absolute Gasteiger partial charge is 0.266 e. The quantitative estimate of drug-likeness (QED) is 0.595. The van der Waals surface area contributed by atoms with Crippen LogP contribution in [0.15, 0.2) is 35.2 Å². The van der Waals surface area contributed by atoms with Crippen molar-refractivity contribution in [2.75, 3.05) is 19.6 Å². The molecule has 0 unspecified atom stereocenters. The lowest BCUT2D eigenvalue weighted by molar-refractivity contribution is -0.131. The first-order chi connectivity index (χ1) is 12.1. The van der Waals surface area contributed by atoms with Crippen LogP contribution in [0.4, 0.5) is 0 Å². The van der Waals surface area contributed by atoms with Gasteiger partial charge in [-0.2, -0.15) is 0 Å². The van der Waals surface area contributed by atoms with Crippen LogP contribution in [0.25, 0.3) is 6.08 Å². The minimum absolute atomic E-state index is 0.0949. The van der Waals surface area contributed by atoms with E-state index in [2.05, 4.69) is 0 Å². The molecule has 2 amide bonds. The zero-order valence-electron chi connectivity index (χ0n) is 14.1. The highest BCUT2D eigenvalue weighted by atomic mass is 32.2. The van der Waals surface area contributed by atoms with E-state index in [1.807, 2.05) is 41.3 Å². The van der Waals surface area contributed by atoms with Crippen molar-refractivity contribution in [2.45, 2.75) is 32.1 Å². The molecule has 0 spiro atoms. The minimum Gasteiger partial charge on any atom is -0.343 e. The lowest BCUT2D eigenvalue weighted by Crippen LogP contribution is -2.36. The number of carbonyl (C=O) groups excluding carboxylic acids is 2.